The fourth-order valence-corrected chi connectivity index (χ4v) is 2.42. The first kappa shape index (κ1) is 19.8. The molecule has 0 bridgehead atoms. The Morgan fingerprint density at radius 3 is 2.65 bits per heavy atom. The summed E-state index contributed by atoms with van der Waals surface area (Å²) in [4.78, 5) is 15.7. The first-order chi connectivity index (χ1) is 12.3. The summed E-state index contributed by atoms with van der Waals surface area (Å²) in [5.74, 6) is 0. The topological polar surface area (TPSA) is 51.2 Å². The Labute approximate surface area is 150 Å². The Hall–Kier alpha value is -2.57. The molecule has 0 saturated heterocycles. The van der Waals surface area contributed by atoms with Gasteiger partial charge in [0.2, 0.25) is 0 Å². The number of amides is 1. The van der Waals surface area contributed by atoms with Gasteiger partial charge in [-0.1, -0.05) is 30.3 Å². The second kappa shape index (κ2) is 9.22. The van der Waals surface area contributed by atoms with Crippen LogP contribution >= 0.6 is 0 Å². The normalized spacial score (nSPS) is 12.5. The van der Waals surface area contributed by atoms with Crippen molar-refractivity contribution in [3.63, 3.8) is 0 Å². The van der Waals surface area contributed by atoms with Crippen molar-refractivity contribution in [3.8, 4) is 0 Å². The highest BCUT2D eigenvalue weighted by atomic mass is 19.4. The predicted molar refractivity (Wildman–Crippen MR) is 91.4 cm³/mol. The number of ether oxygens (including phenoxy) is 1. The van der Waals surface area contributed by atoms with E-state index in [1.54, 1.807) is 0 Å². The fraction of sp³-hybridized carbons (Fsp3) is 0.368. The molecule has 1 N–H and O–H groups in total. The number of alkyl carbamates (subject to hydrolysis) is 1. The molecule has 1 heterocycles. The van der Waals surface area contributed by atoms with Crippen LogP contribution in [0, 0.1) is 0 Å². The average Bonchev–Trinajstić information content (AvgIpc) is 2.60. The van der Waals surface area contributed by atoms with Crippen LogP contribution in [0.4, 0.5) is 18.0 Å². The van der Waals surface area contributed by atoms with Crippen LogP contribution in [0.2, 0.25) is 0 Å². The number of carbonyl (C=O) groups is 1. The molecule has 4 nitrogen and oxygen atoms in total. The molecule has 0 aliphatic rings. The van der Waals surface area contributed by atoms with Crippen LogP contribution in [0.25, 0.3) is 0 Å². The molecule has 7 heteroatoms. The second-order valence-corrected chi connectivity index (χ2v) is 6.03. The minimum Gasteiger partial charge on any atom is -0.445 e. The number of nitrogens with one attached hydrogen (secondary N) is 1. The summed E-state index contributed by atoms with van der Waals surface area (Å²) in [6.07, 6.45) is -2.09. The number of benzene rings is 1. The number of rotatable bonds is 7. The highest BCUT2D eigenvalue weighted by molar-refractivity contribution is 5.67. The van der Waals surface area contributed by atoms with Crippen molar-refractivity contribution < 1.29 is 22.7 Å². The van der Waals surface area contributed by atoms with Crippen molar-refractivity contribution in [2.24, 2.45) is 0 Å². The van der Waals surface area contributed by atoms with E-state index in [1.807, 2.05) is 37.3 Å². The summed E-state index contributed by atoms with van der Waals surface area (Å²) in [6.45, 7) is 2.01. The number of pyridine rings is 1. The van der Waals surface area contributed by atoms with Gasteiger partial charge in [0.15, 0.2) is 0 Å². The van der Waals surface area contributed by atoms with Crippen LogP contribution in [-0.4, -0.2) is 17.1 Å². The van der Waals surface area contributed by atoms with E-state index >= 15 is 0 Å². The summed E-state index contributed by atoms with van der Waals surface area (Å²) >= 11 is 0. The van der Waals surface area contributed by atoms with Gasteiger partial charge in [0.1, 0.15) is 6.61 Å². The van der Waals surface area contributed by atoms with Gasteiger partial charge in [-0.3, -0.25) is 4.98 Å². The summed E-state index contributed by atoms with van der Waals surface area (Å²) < 4.78 is 43.1. The Kier molecular flexibility index (Phi) is 7.00. The van der Waals surface area contributed by atoms with Crippen LogP contribution in [0.3, 0.4) is 0 Å². The highest BCUT2D eigenvalue weighted by Crippen LogP contribution is 2.29. The van der Waals surface area contributed by atoms with Crippen LogP contribution in [0.5, 0.6) is 0 Å². The van der Waals surface area contributed by atoms with E-state index in [0.717, 1.165) is 17.7 Å². The minimum atomic E-state index is -4.37. The maximum Gasteiger partial charge on any atom is 0.416 e. The Bertz CT molecular complexity index is 705. The van der Waals surface area contributed by atoms with Gasteiger partial charge >= 0.3 is 12.3 Å². The summed E-state index contributed by atoms with van der Waals surface area (Å²) in [7, 11) is 0. The first-order valence-electron chi connectivity index (χ1n) is 8.34. The Morgan fingerprint density at radius 2 is 1.96 bits per heavy atom. The molecule has 0 unspecified atom stereocenters. The summed E-state index contributed by atoms with van der Waals surface area (Å²) in [5, 5.41) is 2.71. The molecule has 1 aromatic heterocycles. The van der Waals surface area contributed by atoms with Gasteiger partial charge in [-0.05, 0) is 43.9 Å². The monoisotopic (exact) mass is 366 g/mol. The van der Waals surface area contributed by atoms with Gasteiger partial charge in [-0.2, -0.15) is 13.2 Å². The van der Waals surface area contributed by atoms with Gasteiger partial charge in [0, 0.05) is 17.9 Å². The smallest absolute Gasteiger partial charge is 0.416 e. The lowest BCUT2D eigenvalue weighted by Crippen LogP contribution is -2.33. The number of hydrogen-bond acceptors (Lipinski definition) is 3. The van der Waals surface area contributed by atoms with Crippen LogP contribution in [0.15, 0.2) is 48.7 Å². The number of aromatic nitrogens is 1. The number of aryl methyl sites for hydroxylation is 1. The van der Waals surface area contributed by atoms with E-state index in [4.69, 9.17) is 4.74 Å². The SMILES string of the molecule is C[C@@H](CCCc1cc(C(F)(F)F)ccn1)NC(=O)OCc1ccccc1. The van der Waals surface area contributed by atoms with Crippen LogP contribution in [-0.2, 0) is 23.9 Å². The zero-order valence-corrected chi connectivity index (χ0v) is 14.4. The summed E-state index contributed by atoms with van der Waals surface area (Å²) in [6, 6.07) is 11.2. The summed E-state index contributed by atoms with van der Waals surface area (Å²) in [5.41, 5.74) is 0.586. The molecule has 140 valence electrons. The zero-order valence-electron chi connectivity index (χ0n) is 14.4. The van der Waals surface area contributed by atoms with Gasteiger partial charge in [-0.15, -0.1) is 0 Å². The minimum absolute atomic E-state index is 0.149. The predicted octanol–water partition coefficient (Wildman–Crippen LogP) is 4.74. The molecule has 1 amide bonds. The fourth-order valence-electron chi connectivity index (χ4n) is 2.42. The molecule has 0 fully saturated rings. The molecule has 0 aliphatic carbocycles. The van der Waals surface area contributed by atoms with Gasteiger partial charge < -0.3 is 10.1 Å². The molecule has 1 atom stereocenters. The number of carbonyl (C=O) groups excluding carboxylic acids is 1. The van der Waals surface area contributed by atoms with Crippen molar-refractivity contribution in [2.75, 3.05) is 0 Å². The second-order valence-electron chi connectivity index (χ2n) is 6.03. The molecule has 2 rings (SSSR count). The molecule has 0 aliphatic heterocycles. The van der Waals surface area contributed by atoms with Gasteiger partial charge in [-0.25, -0.2) is 4.79 Å². The van der Waals surface area contributed by atoms with E-state index in [0.29, 0.717) is 25.0 Å². The lowest BCUT2D eigenvalue weighted by Gasteiger charge is -2.14. The molecular formula is C19H21F3N2O2. The number of nitrogens with zero attached hydrogens (tertiary/aromatic N) is 1. The Balaban J connectivity index is 1.70. The number of alkyl halides is 3. The van der Waals surface area contributed by atoms with Crippen molar-refractivity contribution in [1.82, 2.24) is 10.3 Å². The largest absolute Gasteiger partial charge is 0.445 e. The van der Waals surface area contributed by atoms with E-state index in [2.05, 4.69) is 10.3 Å². The number of halogens is 3. The molecule has 0 saturated carbocycles. The zero-order chi connectivity index (χ0) is 19.0. The van der Waals surface area contributed by atoms with Gasteiger partial charge in [0.05, 0.1) is 5.56 Å². The third-order valence-corrected chi connectivity index (χ3v) is 3.79. The average molecular weight is 366 g/mol. The highest BCUT2D eigenvalue weighted by Gasteiger charge is 2.30. The van der Waals surface area contributed by atoms with E-state index in [-0.39, 0.29) is 12.6 Å². The van der Waals surface area contributed by atoms with Crippen LogP contribution < -0.4 is 5.32 Å². The lowest BCUT2D eigenvalue weighted by atomic mass is 10.1. The van der Waals surface area contributed by atoms with Crippen molar-refractivity contribution in [2.45, 2.75) is 45.0 Å². The van der Waals surface area contributed by atoms with E-state index < -0.39 is 17.8 Å². The molecule has 26 heavy (non-hydrogen) atoms. The quantitative estimate of drug-likeness (QED) is 0.770. The molecular weight excluding hydrogens is 345 g/mol. The lowest BCUT2D eigenvalue weighted by molar-refractivity contribution is -0.137. The van der Waals surface area contributed by atoms with E-state index in [9.17, 15) is 18.0 Å². The Morgan fingerprint density at radius 1 is 1.23 bits per heavy atom. The van der Waals surface area contributed by atoms with E-state index in [1.165, 1.54) is 6.20 Å². The van der Waals surface area contributed by atoms with Gasteiger partial charge in [0.25, 0.3) is 0 Å². The third-order valence-electron chi connectivity index (χ3n) is 3.79. The third kappa shape index (κ3) is 6.74. The first-order valence-corrected chi connectivity index (χ1v) is 8.34. The maximum atomic E-state index is 12.7. The van der Waals surface area contributed by atoms with Crippen LogP contribution in [0.1, 0.15) is 36.6 Å². The molecule has 0 spiro atoms. The standard InChI is InChI=1S/C19H21F3N2O2/c1-14(24-18(25)26-13-15-7-3-2-4-8-15)6-5-9-17-12-16(10-11-23-17)19(20,21)22/h2-4,7-8,10-12,14H,5-6,9,13H2,1H3,(H,24,25)/t14-/m0/s1. The van der Waals surface area contributed by atoms with Crippen molar-refractivity contribution >= 4 is 6.09 Å². The van der Waals surface area contributed by atoms with Crippen molar-refractivity contribution in [1.29, 1.82) is 0 Å². The number of hydrogen-bond donors (Lipinski definition) is 1. The molecule has 1 aromatic carbocycles. The maximum absolute atomic E-state index is 12.7. The van der Waals surface area contributed by atoms with Crippen molar-refractivity contribution in [3.05, 3.63) is 65.5 Å². The molecule has 2 aromatic rings. The molecule has 0 radical (unpaired) electrons.